The van der Waals surface area contributed by atoms with E-state index in [1.165, 1.54) is 0 Å². The highest BCUT2D eigenvalue weighted by Gasteiger charge is 2.20. The van der Waals surface area contributed by atoms with Crippen LogP contribution in [0.2, 0.25) is 0 Å². The number of hydrogen-bond acceptors (Lipinski definition) is 3. The van der Waals surface area contributed by atoms with E-state index >= 15 is 0 Å². The van der Waals surface area contributed by atoms with Crippen molar-refractivity contribution in [2.75, 3.05) is 25.9 Å². The molecule has 1 fully saturated rings. The number of piperidine rings is 1. The van der Waals surface area contributed by atoms with Crippen molar-refractivity contribution in [3.8, 4) is 0 Å². The molecule has 94 valence electrons. The zero-order valence-electron chi connectivity index (χ0n) is 10.4. The maximum Gasteiger partial charge on any atom is 0.268 e. The fourth-order valence-corrected chi connectivity index (χ4v) is 2.36. The molecule has 1 aliphatic rings. The maximum absolute atomic E-state index is 12.0. The minimum absolute atomic E-state index is 0.0375. The molecule has 0 aromatic carbocycles. The van der Waals surface area contributed by atoms with E-state index in [4.69, 9.17) is 5.73 Å². The molecule has 2 heterocycles. The van der Waals surface area contributed by atoms with Crippen molar-refractivity contribution in [3.63, 3.8) is 0 Å². The van der Waals surface area contributed by atoms with E-state index in [0.717, 1.165) is 25.9 Å². The van der Waals surface area contributed by atoms with Gasteiger partial charge in [0.15, 0.2) is 0 Å². The van der Waals surface area contributed by atoms with Gasteiger partial charge in [-0.15, -0.1) is 0 Å². The van der Waals surface area contributed by atoms with Crippen LogP contribution in [0.1, 0.15) is 23.3 Å². The van der Waals surface area contributed by atoms with E-state index in [1.54, 1.807) is 16.8 Å². The van der Waals surface area contributed by atoms with E-state index in [-0.39, 0.29) is 11.9 Å². The standard InChI is InChI=1S/C12H20N4O/c1-15-5-3-4-10(8-15)14-12(17)11-6-9(13)7-16(11)2/h6-7,10H,3-5,8,13H2,1-2H3,(H,14,17). The molecule has 1 aromatic heterocycles. The smallest absolute Gasteiger partial charge is 0.268 e. The van der Waals surface area contributed by atoms with E-state index in [0.29, 0.717) is 11.4 Å². The first-order valence-electron chi connectivity index (χ1n) is 5.97. The van der Waals surface area contributed by atoms with Crippen molar-refractivity contribution < 1.29 is 4.79 Å². The van der Waals surface area contributed by atoms with Gasteiger partial charge in [-0.2, -0.15) is 0 Å². The lowest BCUT2D eigenvalue weighted by Crippen LogP contribution is -2.46. The Morgan fingerprint density at radius 1 is 1.53 bits per heavy atom. The monoisotopic (exact) mass is 236 g/mol. The van der Waals surface area contributed by atoms with Gasteiger partial charge in [-0.25, -0.2) is 0 Å². The number of amides is 1. The molecule has 1 unspecified atom stereocenters. The maximum atomic E-state index is 12.0. The Morgan fingerprint density at radius 3 is 2.88 bits per heavy atom. The SMILES string of the molecule is CN1CCCC(NC(=O)c2cc(N)cn2C)C1. The molecule has 0 aliphatic carbocycles. The molecule has 1 aliphatic heterocycles. The molecule has 1 aromatic rings. The number of rotatable bonds is 2. The summed E-state index contributed by atoms with van der Waals surface area (Å²) in [5.41, 5.74) is 6.91. The van der Waals surface area contributed by atoms with Gasteiger partial charge in [0.1, 0.15) is 5.69 Å². The van der Waals surface area contributed by atoms with Crippen LogP contribution in [0.15, 0.2) is 12.3 Å². The number of nitrogens with zero attached hydrogens (tertiary/aromatic N) is 2. The number of nitrogens with two attached hydrogens (primary N) is 1. The van der Waals surface area contributed by atoms with Crippen LogP contribution in [0, 0.1) is 0 Å². The number of carbonyl (C=O) groups is 1. The van der Waals surface area contributed by atoms with Crippen molar-refractivity contribution >= 4 is 11.6 Å². The van der Waals surface area contributed by atoms with E-state index in [2.05, 4.69) is 17.3 Å². The van der Waals surface area contributed by atoms with Gasteiger partial charge in [0.25, 0.3) is 5.91 Å². The van der Waals surface area contributed by atoms with Crippen LogP contribution in [-0.2, 0) is 7.05 Å². The summed E-state index contributed by atoms with van der Waals surface area (Å²) < 4.78 is 1.76. The predicted octanol–water partition coefficient (Wildman–Crippen LogP) is 0.431. The molecule has 1 saturated heterocycles. The van der Waals surface area contributed by atoms with E-state index in [1.807, 2.05) is 7.05 Å². The van der Waals surface area contributed by atoms with Crippen LogP contribution in [0.5, 0.6) is 0 Å². The first-order valence-corrected chi connectivity index (χ1v) is 5.97. The minimum atomic E-state index is -0.0375. The summed E-state index contributed by atoms with van der Waals surface area (Å²) in [4.78, 5) is 14.3. The average Bonchev–Trinajstić information content (AvgIpc) is 2.58. The Labute approximate surface area is 102 Å². The van der Waals surface area contributed by atoms with Gasteiger partial charge in [-0.1, -0.05) is 0 Å². The van der Waals surface area contributed by atoms with Crippen LogP contribution in [0.4, 0.5) is 5.69 Å². The number of nitrogens with one attached hydrogen (secondary N) is 1. The van der Waals surface area contributed by atoms with Crippen LogP contribution in [0.25, 0.3) is 0 Å². The highest BCUT2D eigenvalue weighted by atomic mass is 16.2. The van der Waals surface area contributed by atoms with Gasteiger partial charge >= 0.3 is 0 Å². The Bertz CT molecular complexity index is 413. The van der Waals surface area contributed by atoms with Crippen molar-refractivity contribution in [1.29, 1.82) is 0 Å². The topological polar surface area (TPSA) is 63.3 Å². The fraction of sp³-hybridized carbons (Fsp3) is 0.583. The largest absolute Gasteiger partial charge is 0.397 e. The second-order valence-electron chi connectivity index (χ2n) is 4.84. The summed E-state index contributed by atoms with van der Waals surface area (Å²) in [6, 6.07) is 1.96. The molecular formula is C12H20N4O. The molecule has 3 N–H and O–H groups in total. The van der Waals surface area contributed by atoms with Crippen molar-refractivity contribution in [1.82, 2.24) is 14.8 Å². The Morgan fingerprint density at radius 2 is 2.29 bits per heavy atom. The normalized spacial score (nSPS) is 21.4. The summed E-state index contributed by atoms with van der Waals surface area (Å²) in [6.07, 6.45) is 3.94. The summed E-state index contributed by atoms with van der Waals surface area (Å²) >= 11 is 0. The predicted molar refractivity (Wildman–Crippen MR) is 67.8 cm³/mol. The van der Waals surface area contributed by atoms with Crippen molar-refractivity contribution in [3.05, 3.63) is 18.0 Å². The third-order valence-corrected chi connectivity index (χ3v) is 3.22. The third-order valence-electron chi connectivity index (χ3n) is 3.22. The van der Waals surface area contributed by atoms with Gasteiger partial charge < -0.3 is 20.5 Å². The molecule has 2 rings (SSSR count). The van der Waals surface area contributed by atoms with E-state index < -0.39 is 0 Å². The Kier molecular flexibility index (Phi) is 3.38. The lowest BCUT2D eigenvalue weighted by Gasteiger charge is -2.30. The molecule has 5 nitrogen and oxygen atoms in total. The zero-order valence-corrected chi connectivity index (χ0v) is 10.4. The molecule has 1 amide bonds. The molecule has 0 radical (unpaired) electrons. The number of aromatic nitrogens is 1. The zero-order chi connectivity index (χ0) is 12.4. The third kappa shape index (κ3) is 2.79. The number of carbonyl (C=O) groups excluding carboxylic acids is 1. The Balaban J connectivity index is 1.99. The van der Waals surface area contributed by atoms with Gasteiger partial charge in [-0.3, -0.25) is 4.79 Å². The molecule has 0 bridgehead atoms. The second-order valence-corrected chi connectivity index (χ2v) is 4.84. The number of likely N-dealkylation sites (N-methyl/N-ethyl adjacent to an activating group) is 1. The number of anilines is 1. The molecular weight excluding hydrogens is 216 g/mol. The molecule has 17 heavy (non-hydrogen) atoms. The van der Waals surface area contributed by atoms with Gasteiger partial charge in [-0.05, 0) is 32.5 Å². The quantitative estimate of drug-likeness (QED) is 0.783. The van der Waals surface area contributed by atoms with Crippen molar-refractivity contribution in [2.24, 2.45) is 7.05 Å². The summed E-state index contributed by atoms with van der Waals surface area (Å²) in [6.45, 7) is 2.04. The van der Waals surface area contributed by atoms with E-state index in [9.17, 15) is 4.79 Å². The van der Waals surface area contributed by atoms with Crippen LogP contribution < -0.4 is 11.1 Å². The van der Waals surface area contributed by atoms with Gasteiger partial charge in [0, 0.05) is 25.8 Å². The summed E-state index contributed by atoms with van der Waals surface area (Å²) in [7, 11) is 3.91. The highest BCUT2D eigenvalue weighted by Crippen LogP contribution is 2.11. The lowest BCUT2D eigenvalue weighted by molar-refractivity contribution is 0.0904. The number of aryl methyl sites for hydroxylation is 1. The molecule has 1 atom stereocenters. The molecule has 0 spiro atoms. The van der Waals surface area contributed by atoms with Crippen molar-refractivity contribution in [2.45, 2.75) is 18.9 Å². The van der Waals surface area contributed by atoms with Crippen LogP contribution >= 0.6 is 0 Å². The van der Waals surface area contributed by atoms with Gasteiger partial charge in [0.05, 0.1) is 5.69 Å². The van der Waals surface area contributed by atoms with Crippen LogP contribution in [0.3, 0.4) is 0 Å². The lowest BCUT2D eigenvalue weighted by atomic mass is 10.1. The molecule has 5 heteroatoms. The fourth-order valence-electron chi connectivity index (χ4n) is 2.36. The minimum Gasteiger partial charge on any atom is -0.397 e. The molecule has 0 saturated carbocycles. The summed E-state index contributed by atoms with van der Waals surface area (Å²) in [5.74, 6) is -0.0375. The number of likely N-dealkylation sites (tertiary alicyclic amines) is 1. The Hall–Kier alpha value is -1.49. The average molecular weight is 236 g/mol. The highest BCUT2D eigenvalue weighted by molar-refractivity contribution is 5.94. The van der Waals surface area contributed by atoms with Gasteiger partial charge in [0.2, 0.25) is 0 Å². The first kappa shape index (κ1) is 12.0. The number of nitrogen functional groups attached to an aromatic ring is 1. The number of hydrogen-bond donors (Lipinski definition) is 2. The first-order chi connectivity index (χ1) is 8.06. The second kappa shape index (κ2) is 4.79. The van der Waals surface area contributed by atoms with Crippen LogP contribution in [-0.4, -0.2) is 41.6 Å². The summed E-state index contributed by atoms with van der Waals surface area (Å²) in [5, 5.41) is 3.06.